The summed E-state index contributed by atoms with van der Waals surface area (Å²) >= 11 is 26.8. The molecule has 3 aromatic rings. The molecule has 7 heteroatoms. The Morgan fingerprint density at radius 2 is 1.42 bits per heavy atom. The molecule has 0 unspecified atom stereocenters. The van der Waals surface area contributed by atoms with Gasteiger partial charge in [0.25, 0.3) is 0 Å². The van der Waals surface area contributed by atoms with Gasteiger partial charge in [0.1, 0.15) is 0 Å². The number of piperazine rings is 1. The second-order valence-corrected chi connectivity index (χ2v) is 10.3. The summed E-state index contributed by atoms with van der Waals surface area (Å²) in [6.07, 6.45) is 0. The molecule has 0 spiro atoms. The van der Waals surface area contributed by atoms with Crippen LogP contribution in [0, 0.1) is 0 Å². The maximum atomic E-state index is 6.41. The van der Waals surface area contributed by atoms with Crippen molar-refractivity contribution in [1.82, 2.24) is 4.90 Å². The summed E-state index contributed by atoms with van der Waals surface area (Å²) in [5.41, 5.74) is 2.37. The zero-order chi connectivity index (χ0) is 22.0. The van der Waals surface area contributed by atoms with E-state index in [1.54, 1.807) is 17.8 Å². The molecule has 0 bridgehead atoms. The molecule has 0 aliphatic carbocycles. The quantitative estimate of drug-likeness (QED) is 0.339. The largest absolute Gasteiger partial charge is 0.369 e. The van der Waals surface area contributed by atoms with Gasteiger partial charge < -0.3 is 4.90 Å². The zero-order valence-corrected chi connectivity index (χ0v) is 20.8. The summed E-state index contributed by atoms with van der Waals surface area (Å²) in [5.74, 6) is 0. The minimum atomic E-state index is 0.223. The third kappa shape index (κ3) is 5.65. The lowest BCUT2D eigenvalue weighted by atomic mass is 10.1. The zero-order valence-electron chi connectivity index (χ0n) is 17.0. The van der Waals surface area contributed by atoms with Crippen molar-refractivity contribution in [2.75, 3.05) is 31.1 Å². The summed E-state index contributed by atoms with van der Waals surface area (Å²) in [7, 11) is 0. The van der Waals surface area contributed by atoms with Crippen molar-refractivity contribution in [2.24, 2.45) is 0 Å². The van der Waals surface area contributed by atoms with Crippen molar-refractivity contribution in [3.63, 3.8) is 0 Å². The van der Waals surface area contributed by atoms with Gasteiger partial charge in [0, 0.05) is 62.8 Å². The number of halogens is 4. The first-order valence-corrected chi connectivity index (χ1v) is 12.4. The van der Waals surface area contributed by atoms with E-state index in [1.165, 1.54) is 11.3 Å². The van der Waals surface area contributed by atoms with Gasteiger partial charge in [0.15, 0.2) is 0 Å². The topological polar surface area (TPSA) is 6.48 Å². The average molecular weight is 512 g/mol. The maximum absolute atomic E-state index is 6.41. The summed E-state index contributed by atoms with van der Waals surface area (Å²) in [5, 5.41) is 2.88. The Morgan fingerprint density at radius 3 is 2.16 bits per heavy atom. The first-order valence-electron chi connectivity index (χ1n) is 10.1. The van der Waals surface area contributed by atoms with Gasteiger partial charge in [0.2, 0.25) is 0 Å². The highest BCUT2D eigenvalue weighted by molar-refractivity contribution is 7.99. The van der Waals surface area contributed by atoms with Crippen LogP contribution in [0.5, 0.6) is 0 Å². The highest BCUT2D eigenvalue weighted by Gasteiger charge is 2.24. The van der Waals surface area contributed by atoms with Crippen LogP contribution in [0.3, 0.4) is 0 Å². The number of rotatable bonds is 5. The Balaban J connectivity index is 1.51. The molecule has 1 fully saturated rings. The third-order valence-corrected chi connectivity index (χ3v) is 7.87. The van der Waals surface area contributed by atoms with Crippen LogP contribution in [0.1, 0.15) is 18.5 Å². The molecule has 162 valence electrons. The van der Waals surface area contributed by atoms with Crippen LogP contribution in [0.25, 0.3) is 0 Å². The van der Waals surface area contributed by atoms with Crippen LogP contribution < -0.4 is 4.90 Å². The maximum Gasteiger partial charge on any atom is 0.0546 e. The summed E-state index contributed by atoms with van der Waals surface area (Å²) < 4.78 is 0. The fourth-order valence-corrected chi connectivity index (χ4v) is 5.76. The first kappa shape index (κ1) is 23.1. The molecule has 1 heterocycles. The van der Waals surface area contributed by atoms with Crippen molar-refractivity contribution >= 4 is 63.9 Å². The van der Waals surface area contributed by atoms with E-state index >= 15 is 0 Å². The third-order valence-electron chi connectivity index (χ3n) is 5.57. The number of hydrogen-bond acceptors (Lipinski definition) is 3. The van der Waals surface area contributed by atoms with Crippen molar-refractivity contribution in [3.05, 3.63) is 86.3 Å². The monoisotopic (exact) mass is 510 g/mol. The lowest BCUT2D eigenvalue weighted by molar-refractivity contribution is 0.196. The molecule has 0 N–H and O–H groups in total. The summed E-state index contributed by atoms with van der Waals surface area (Å²) in [6, 6.07) is 19.9. The van der Waals surface area contributed by atoms with E-state index in [2.05, 4.69) is 34.9 Å². The van der Waals surface area contributed by atoms with Crippen LogP contribution >= 0.6 is 58.2 Å². The number of benzene rings is 3. The average Bonchev–Trinajstić information content (AvgIpc) is 2.77. The van der Waals surface area contributed by atoms with Gasteiger partial charge in [-0.25, -0.2) is 0 Å². The molecule has 0 amide bonds. The van der Waals surface area contributed by atoms with Crippen molar-refractivity contribution in [2.45, 2.75) is 22.8 Å². The Morgan fingerprint density at radius 1 is 0.742 bits per heavy atom. The molecule has 3 aromatic carbocycles. The SMILES string of the molecule is C[C@H](c1cc(Cl)ccc1Sc1cc(Cl)ccc1Cl)N1CCN(c2cccc(Cl)c2)CC1. The molecule has 0 saturated carbocycles. The smallest absolute Gasteiger partial charge is 0.0546 e. The van der Waals surface area contributed by atoms with E-state index < -0.39 is 0 Å². The predicted molar refractivity (Wildman–Crippen MR) is 136 cm³/mol. The molecule has 2 nitrogen and oxygen atoms in total. The summed E-state index contributed by atoms with van der Waals surface area (Å²) in [4.78, 5) is 6.96. The lowest BCUT2D eigenvalue weighted by Crippen LogP contribution is -2.47. The van der Waals surface area contributed by atoms with Crippen molar-refractivity contribution in [3.8, 4) is 0 Å². The summed E-state index contributed by atoms with van der Waals surface area (Å²) in [6.45, 7) is 6.07. The van der Waals surface area contributed by atoms with E-state index in [-0.39, 0.29) is 6.04 Å². The van der Waals surface area contributed by atoms with Crippen LogP contribution in [0.4, 0.5) is 5.69 Å². The van der Waals surface area contributed by atoms with E-state index in [1.807, 2.05) is 36.4 Å². The Labute approximate surface area is 208 Å². The molecule has 1 aliphatic heterocycles. The van der Waals surface area contributed by atoms with Gasteiger partial charge in [-0.05, 0) is 67.1 Å². The van der Waals surface area contributed by atoms with Crippen molar-refractivity contribution < 1.29 is 0 Å². The lowest BCUT2D eigenvalue weighted by Gasteiger charge is -2.39. The minimum absolute atomic E-state index is 0.223. The van der Waals surface area contributed by atoms with E-state index in [4.69, 9.17) is 46.4 Å². The Hall–Kier alpha value is -1.07. The second-order valence-electron chi connectivity index (χ2n) is 7.54. The molecular weight excluding hydrogens is 490 g/mol. The van der Waals surface area contributed by atoms with Gasteiger partial charge in [-0.2, -0.15) is 0 Å². The Kier molecular flexibility index (Phi) is 7.64. The van der Waals surface area contributed by atoms with Gasteiger partial charge in [-0.15, -0.1) is 0 Å². The highest BCUT2D eigenvalue weighted by Crippen LogP contribution is 2.40. The normalized spacial score (nSPS) is 15.8. The van der Waals surface area contributed by atoms with Crippen LogP contribution in [0.2, 0.25) is 20.1 Å². The number of anilines is 1. The molecule has 1 aliphatic rings. The molecule has 1 atom stereocenters. The van der Waals surface area contributed by atoms with Crippen LogP contribution in [0.15, 0.2) is 70.5 Å². The van der Waals surface area contributed by atoms with Crippen molar-refractivity contribution in [1.29, 1.82) is 0 Å². The molecule has 31 heavy (non-hydrogen) atoms. The second kappa shape index (κ2) is 10.2. The Bertz CT molecular complexity index is 1070. The predicted octanol–water partition coefficient (Wildman–Crippen LogP) is 8.33. The standard InChI is InChI=1S/C24H22Cl4N2S/c1-16(29-9-11-30(12-10-29)20-4-2-3-17(25)13-20)21-14-18(26)6-8-23(21)31-24-15-19(27)5-7-22(24)28/h2-8,13-16H,9-12H2,1H3/t16-/m1/s1. The van der Waals surface area contributed by atoms with Gasteiger partial charge >= 0.3 is 0 Å². The molecule has 0 radical (unpaired) electrons. The molecular formula is C24H22Cl4N2S. The van der Waals surface area contributed by atoms with Gasteiger partial charge in [-0.1, -0.05) is 64.2 Å². The van der Waals surface area contributed by atoms with Gasteiger partial charge in [0.05, 0.1) is 5.02 Å². The van der Waals surface area contributed by atoms with Crippen LogP contribution in [-0.2, 0) is 0 Å². The number of hydrogen-bond donors (Lipinski definition) is 0. The molecule has 4 rings (SSSR count). The van der Waals surface area contributed by atoms with E-state index in [0.717, 1.165) is 46.0 Å². The fraction of sp³-hybridized carbons (Fsp3) is 0.250. The number of nitrogens with zero attached hydrogens (tertiary/aromatic N) is 2. The van der Waals surface area contributed by atoms with Gasteiger partial charge in [-0.3, -0.25) is 4.90 Å². The van der Waals surface area contributed by atoms with E-state index in [0.29, 0.717) is 10.0 Å². The molecule has 1 saturated heterocycles. The first-order chi connectivity index (χ1) is 14.9. The molecule has 0 aromatic heterocycles. The minimum Gasteiger partial charge on any atom is -0.369 e. The highest BCUT2D eigenvalue weighted by atomic mass is 35.5. The fourth-order valence-electron chi connectivity index (χ4n) is 3.85. The van der Waals surface area contributed by atoms with E-state index in [9.17, 15) is 0 Å². The van der Waals surface area contributed by atoms with Crippen LogP contribution in [-0.4, -0.2) is 31.1 Å².